The first-order valence-electron chi connectivity index (χ1n) is 9.91. The van der Waals surface area contributed by atoms with E-state index >= 15 is 0 Å². The molecule has 3 rings (SSSR count). The van der Waals surface area contributed by atoms with Gasteiger partial charge in [-0.25, -0.2) is 4.98 Å². The summed E-state index contributed by atoms with van der Waals surface area (Å²) < 4.78 is 0. The number of aliphatic carboxylic acids is 1. The van der Waals surface area contributed by atoms with E-state index in [1.807, 2.05) is 45.2 Å². The minimum atomic E-state index is -0.817. The number of carboxylic acids is 1. The highest BCUT2D eigenvalue weighted by Gasteiger charge is 2.08. The van der Waals surface area contributed by atoms with Gasteiger partial charge in [0.15, 0.2) is 6.29 Å². The average molecular weight is 447 g/mol. The number of hydrogen-bond donors (Lipinski definition) is 3. The zero-order valence-electron chi connectivity index (χ0n) is 18.7. The van der Waals surface area contributed by atoms with Crippen molar-refractivity contribution >= 4 is 39.5 Å². The molecule has 1 atom stereocenters. The third kappa shape index (κ3) is 7.62. The highest BCUT2D eigenvalue weighted by atomic mass is 32.1. The Morgan fingerprint density at radius 3 is 2.52 bits per heavy atom. The molecule has 0 aliphatic carbocycles. The summed E-state index contributed by atoms with van der Waals surface area (Å²) in [4.78, 5) is 42.4. The standard InChI is InChI=1S/C16H15N3O2S.C4H9NO2.C2H6/c1-10-17-14-5-3-11(7-13(14)16(21)18-10)8-19(2)15-6-4-12(9-20)22-15;1-3(5-2)4(6)7;1-2/h3-7,9H,8H2,1-2H3,(H,17,18,21);3,5H,1-2H3,(H,6,7);1-2H3/t;3-;/m.0./s1. The molecule has 0 amide bonds. The molecule has 0 bridgehead atoms. The maximum atomic E-state index is 12.0. The lowest BCUT2D eigenvalue weighted by atomic mass is 10.1. The van der Waals surface area contributed by atoms with Gasteiger partial charge in [0.2, 0.25) is 0 Å². The molecule has 168 valence electrons. The number of rotatable bonds is 6. The molecule has 3 aromatic rings. The second kappa shape index (κ2) is 12.6. The Hall–Kier alpha value is -3.04. The van der Waals surface area contributed by atoms with E-state index in [0.29, 0.717) is 28.1 Å². The van der Waals surface area contributed by atoms with Gasteiger partial charge in [0.05, 0.1) is 20.8 Å². The minimum absolute atomic E-state index is 0.119. The highest BCUT2D eigenvalue weighted by molar-refractivity contribution is 7.17. The Bertz CT molecular complexity index is 1060. The summed E-state index contributed by atoms with van der Waals surface area (Å²) in [5.74, 6) is -0.204. The Kier molecular flexibility index (Phi) is 10.6. The lowest BCUT2D eigenvalue weighted by Crippen LogP contribution is -2.29. The van der Waals surface area contributed by atoms with Crippen LogP contribution in [-0.4, -0.2) is 47.5 Å². The summed E-state index contributed by atoms with van der Waals surface area (Å²) in [5.41, 5.74) is 1.60. The number of nitrogens with zero attached hydrogens (tertiary/aromatic N) is 2. The molecule has 2 heterocycles. The number of carbonyl (C=O) groups excluding carboxylic acids is 1. The van der Waals surface area contributed by atoms with Crippen LogP contribution in [0.3, 0.4) is 0 Å². The van der Waals surface area contributed by atoms with Crippen molar-refractivity contribution in [2.75, 3.05) is 19.0 Å². The largest absolute Gasteiger partial charge is 0.480 e. The van der Waals surface area contributed by atoms with Gasteiger partial charge in [-0.05, 0) is 50.7 Å². The molecular formula is C22H30N4O4S. The van der Waals surface area contributed by atoms with Crippen molar-refractivity contribution in [2.45, 2.75) is 40.3 Å². The van der Waals surface area contributed by atoms with Crippen molar-refractivity contribution in [1.82, 2.24) is 15.3 Å². The van der Waals surface area contributed by atoms with Gasteiger partial charge in [-0.15, -0.1) is 11.3 Å². The van der Waals surface area contributed by atoms with Gasteiger partial charge in [0.1, 0.15) is 11.9 Å². The van der Waals surface area contributed by atoms with Crippen LogP contribution in [-0.2, 0) is 11.3 Å². The van der Waals surface area contributed by atoms with Crippen LogP contribution < -0.4 is 15.8 Å². The van der Waals surface area contributed by atoms with Gasteiger partial charge in [-0.1, -0.05) is 19.9 Å². The van der Waals surface area contributed by atoms with Gasteiger partial charge < -0.3 is 20.3 Å². The maximum absolute atomic E-state index is 12.0. The first-order valence-corrected chi connectivity index (χ1v) is 10.7. The number of anilines is 1. The number of likely N-dealkylation sites (N-methyl/N-ethyl adjacent to an activating group) is 1. The van der Waals surface area contributed by atoms with Gasteiger partial charge in [-0.3, -0.25) is 14.4 Å². The number of carboxylic acid groups (broad SMARTS) is 1. The van der Waals surface area contributed by atoms with E-state index in [-0.39, 0.29) is 5.56 Å². The number of benzene rings is 1. The molecular weight excluding hydrogens is 416 g/mol. The summed E-state index contributed by atoms with van der Waals surface area (Å²) in [7, 11) is 3.57. The van der Waals surface area contributed by atoms with Crippen molar-refractivity contribution < 1.29 is 14.7 Å². The first-order chi connectivity index (χ1) is 14.7. The topological polar surface area (TPSA) is 115 Å². The number of nitrogens with one attached hydrogen (secondary N) is 2. The fourth-order valence-electron chi connectivity index (χ4n) is 2.49. The van der Waals surface area contributed by atoms with Crippen molar-refractivity contribution in [3.8, 4) is 0 Å². The van der Waals surface area contributed by atoms with Crippen LogP contribution in [0.4, 0.5) is 5.00 Å². The van der Waals surface area contributed by atoms with E-state index < -0.39 is 12.0 Å². The summed E-state index contributed by atoms with van der Waals surface area (Å²) >= 11 is 1.45. The van der Waals surface area contributed by atoms with Crippen LogP contribution in [0, 0.1) is 6.92 Å². The number of hydrogen-bond acceptors (Lipinski definition) is 7. The first kappa shape index (κ1) is 26.0. The SMILES string of the molecule is CC.CN[C@@H](C)C(=O)O.Cc1nc2ccc(CN(C)c3ccc(C=O)s3)cc2c(=O)[nH]1. The zero-order valence-corrected chi connectivity index (χ0v) is 19.5. The monoisotopic (exact) mass is 446 g/mol. The second-order valence-electron chi connectivity index (χ2n) is 6.50. The third-order valence-electron chi connectivity index (χ3n) is 4.22. The Morgan fingerprint density at radius 1 is 1.32 bits per heavy atom. The quantitative estimate of drug-likeness (QED) is 0.497. The molecule has 0 aliphatic rings. The van der Waals surface area contributed by atoms with Crippen molar-refractivity contribution in [1.29, 1.82) is 0 Å². The Labute approximate surface area is 185 Å². The second-order valence-corrected chi connectivity index (χ2v) is 7.60. The van der Waals surface area contributed by atoms with Gasteiger partial charge >= 0.3 is 5.97 Å². The van der Waals surface area contributed by atoms with Crippen LogP contribution in [0.15, 0.2) is 35.1 Å². The molecule has 9 heteroatoms. The number of aromatic nitrogens is 2. The van der Waals surface area contributed by atoms with E-state index in [0.717, 1.165) is 16.9 Å². The molecule has 0 saturated carbocycles. The van der Waals surface area contributed by atoms with Crippen LogP contribution >= 0.6 is 11.3 Å². The number of aromatic amines is 1. The smallest absolute Gasteiger partial charge is 0.320 e. The Balaban J connectivity index is 0.000000457. The Morgan fingerprint density at radius 2 is 2.00 bits per heavy atom. The molecule has 0 fully saturated rings. The van der Waals surface area contributed by atoms with E-state index in [1.165, 1.54) is 11.3 Å². The number of H-pyrrole nitrogens is 1. The summed E-state index contributed by atoms with van der Waals surface area (Å²) in [6.07, 6.45) is 0.853. The lowest BCUT2D eigenvalue weighted by molar-refractivity contribution is -0.138. The van der Waals surface area contributed by atoms with Crippen LogP contribution in [0.1, 0.15) is 41.8 Å². The fraction of sp³-hybridized carbons (Fsp3) is 0.364. The number of carbonyl (C=O) groups is 2. The summed E-state index contributed by atoms with van der Waals surface area (Å²) in [5, 5.41) is 12.3. The number of fused-ring (bicyclic) bond motifs is 1. The lowest BCUT2D eigenvalue weighted by Gasteiger charge is -2.17. The number of aryl methyl sites for hydroxylation is 1. The molecule has 0 unspecified atom stereocenters. The van der Waals surface area contributed by atoms with Crippen LogP contribution in [0.2, 0.25) is 0 Å². The normalized spacial score (nSPS) is 10.9. The number of thiophene rings is 1. The molecule has 1 aromatic carbocycles. The van der Waals surface area contributed by atoms with Crippen LogP contribution in [0.5, 0.6) is 0 Å². The molecule has 0 radical (unpaired) electrons. The molecule has 8 nitrogen and oxygen atoms in total. The van der Waals surface area contributed by atoms with Gasteiger partial charge in [0, 0.05) is 13.6 Å². The zero-order chi connectivity index (χ0) is 23.6. The molecule has 3 N–H and O–H groups in total. The number of aldehydes is 1. The maximum Gasteiger partial charge on any atom is 0.320 e. The van der Waals surface area contributed by atoms with E-state index in [1.54, 1.807) is 27.0 Å². The third-order valence-corrected chi connectivity index (χ3v) is 5.34. The predicted molar refractivity (Wildman–Crippen MR) is 126 cm³/mol. The molecule has 2 aromatic heterocycles. The van der Waals surface area contributed by atoms with Crippen molar-refractivity contribution in [3.05, 3.63) is 57.0 Å². The van der Waals surface area contributed by atoms with Crippen LogP contribution in [0.25, 0.3) is 10.9 Å². The molecule has 0 saturated heterocycles. The molecule has 0 spiro atoms. The summed E-state index contributed by atoms with van der Waals surface area (Å²) in [6.45, 7) is 8.01. The fourth-order valence-corrected chi connectivity index (χ4v) is 3.27. The average Bonchev–Trinajstić information content (AvgIpc) is 3.25. The van der Waals surface area contributed by atoms with Crippen molar-refractivity contribution in [3.63, 3.8) is 0 Å². The molecule has 31 heavy (non-hydrogen) atoms. The van der Waals surface area contributed by atoms with E-state index in [2.05, 4.69) is 20.2 Å². The molecule has 0 aliphatic heterocycles. The predicted octanol–water partition coefficient (Wildman–Crippen LogP) is 3.45. The summed E-state index contributed by atoms with van der Waals surface area (Å²) in [6, 6.07) is 9.00. The van der Waals surface area contributed by atoms with Crippen molar-refractivity contribution in [2.24, 2.45) is 0 Å². The van der Waals surface area contributed by atoms with Gasteiger partial charge in [0.25, 0.3) is 5.56 Å². The van der Waals surface area contributed by atoms with E-state index in [9.17, 15) is 14.4 Å². The van der Waals surface area contributed by atoms with E-state index in [4.69, 9.17) is 5.11 Å². The minimum Gasteiger partial charge on any atom is -0.480 e. The van der Waals surface area contributed by atoms with Gasteiger partial charge in [-0.2, -0.15) is 0 Å². The highest BCUT2D eigenvalue weighted by Crippen LogP contribution is 2.25.